The van der Waals surface area contributed by atoms with Crippen molar-refractivity contribution in [1.82, 2.24) is 15.5 Å². The summed E-state index contributed by atoms with van der Waals surface area (Å²) in [5.41, 5.74) is 0.961. The Kier molecular flexibility index (Phi) is 4.74. The van der Waals surface area contributed by atoms with Crippen molar-refractivity contribution in [3.05, 3.63) is 17.8 Å². The molecule has 1 fully saturated rings. The first-order valence-corrected chi connectivity index (χ1v) is 6.58. The molecule has 1 aromatic heterocycles. The highest BCUT2D eigenvalue weighted by Gasteiger charge is 2.15. The van der Waals surface area contributed by atoms with Crippen molar-refractivity contribution < 1.29 is 4.74 Å². The van der Waals surface area contributed by atoms with E-state index < -0.39 is 0 Å². The molecule has 17 heavy (non-hydrogen) atoms. The van der Waals surface area contributed by atoms with Crippen LogP contribution in [0.4, 0.5) is 0 Å². The molecule has 0 saturated heterocycles. The number of nitrogens with one attached hydrogen (secondary N) is 1. The van der Waals surface area contributed by atoms with E-state index in [1.54, 1.807) is 0 Å². The van der Waals surface area contributed by atoms with Gasteiger partial charge >= 0.3 is 0 Å². The summed E-state index contributed by atoms with van der Waals surface area (Å²) in [6.07, 6.45) is 6.54. The molecule has 0 atom stereocenters. The second-order valence-corrected chi connectivity index (χ2v) is 4.52. The minimum Gasteiger partial charge on any atom is -0.473 e. The van der Waals surface area contributed by atoms with Crippen LogP contribution in [-0.4, -0.2) is 22.8 Å². The summed E-state index contributed by atoms with van der Waals surface area (Å²) < 4.78 is 5.82. The van der Waals surface area contributed by atoms with E-state index in [1.165, 1.54) is 19.3 Å². The lowest BCUT2D eigenvalue weighted by atomic mass is 9.98. The fourth-order valence-corrected chi connectivity index (χ4v) is 2.11. The molecule has 0 unspecified atom stereocenters. The maximum atomic E-state index is 5.82. The molecule has 1 saturated carbocycles. The van der Waals surface area contributed by atoms with Gasteiger partial charge < -0.3 is 10.1 Å². The highest BCUT2D eigenvalue weighted by molar-refractivity contribution is 5.11. The van der Waals surface area contributed by atoms with E-state index in [4.69, 9.17) is 4.74 Å². The minimum atomic E-state index is 0.345. The highest BCUT2D eigenvalue weighted by atomic mass is 16.5. The van der Waals surface area contributed by atoms with Gasteiger partial charge in [0.1, 0.15) is 6.10 Å². The highest BCUT2D eigenvalue weighted by Crippen LogP contribution is 2.21. The van der Waals surface area contributed by atoms with E-state index in [0.29, 0.717) is 12.0 Å². The van der Waals surface area contributed by atoms with Gasteiger partial charge in [0.05, 0.1) is 5.69 Å². The first kappa shape index (κ1) is 12.3. The van der Waals surface area contributed by atoms with Gasteiger partial charge in [-0.05, 0) is 38.3 Å². The molecular formula is C13H21N3O. The van der Waals surface area contributed by atoms with Gasteiger partial charge in [0.15, 0.2) is 0 Å². The molecule has 0 bridgehead atoms. The van der Waals surface area contributed by atoms with Crippen molar-refractivity contribution in [3.8, 4) is 5.88 Å². The predicted octanol–water partition coefficient (Wildman–Crippen LogP) is 2.30. The molecule has 4 nitrogen and oxygen atoms in total. The van der Waals surface area contributed by atoms with Gasteiger partial charge in [-0.15, -0.1) is 5.10 Å². The van der Waals surface area contributed by atoms with Gasteiger partial charge in [0, 0.05) is 12.6 Å². The maximum absolute atomic E-state index is 5.82. The molecule has 94 valence electrons. The van der Waals surface area contributed by atoms with Gasteiger partial charge in [-0.2, -0.15) is 5.10 Å². The molecule has 1 aliphatic carbocycles. The monoisotopic (exact) mass is 235 g/mol. The molecule has 2 rings (SSSR count). The van der Waals surface area contributed by atoms with E-state index in [-0.39, 0.29) is 0 Å². The summed E-state index contributed by atoms with van der Waals surface area (Å²) in [6, 6.07) is 3.90. The second kappa shape index (κ2) is 6.55. The molecule has 0 aliphatic heterocycles. The zero-order valence-corrected chi connectivity index (χ0v) is 10.5. The molecule has 0 amide bonds. The van der Waals surface area contributed by atoms with E-state index in [9.17, 15) is 0 Å². The molecule has 1 N–H and O–H groups in total. The van der Waals surface area contributed by atoms with Crippen LogP contribution < -0.4 is 10.1 Å². The Bertz CT molecular complexity index is 320. The van der Waals surface area contributed by atoms with Crippen molar-refractivity contribution in [3.63, 3.8) is 0 Å². The van der Waals surface area contributed by atoms with Crippen LogP contribution >= 0.6 is 0 Å². The van der Waals surface area contributed by atoms with Crippen molar-refractivity contribution in [2.24, 2.45) is 0 Å². The van der Waals surface area contributed by atoms with Crippen LogP contribution in [0, 0.1) is 0 Å². The SMILES string of the molecule is CCNCc1ccc(OC2CCCCC2)nn1. The number of hydrogen-bond donors (Lipinski definition) is 1. The molecule has 1 heterocycles. The van der Waals surface area contributed by atoms with Crippen LogP contribution in [0.25, 0.3) is 0 Å². The second-order valence-electron chi connectivity index (χ2n) is 4.52. The van der Waals surface area contributed by atoms with Crippen LogP contribution in [0.2, 0.25) is 0 Å². The van der Waals surface area contributed by atoms with Crippen LogP contribution in [0.3, 0.4) is 0 Å². The Morgan fingerprint density at radius 1 is 1.24 bits per heavy atom. The van der Waals surface area contributed by atoms with Gasteiger partial charge in [-0.25, -0.2) is 0 Å². The van der Waals surface area contributed by atoms with Gasteiger partial charge in [-0.1, -0.05) is 13.3 Å². The van der Waals surface area contributed by atoms with Gasteiger partial charge in [-0.3, -0.25) is 0 Å². The average molecular weight is 235 g/mol. The minimum absolute atomic E-state index is 0.345. The van der Waals surface area contributed by atoms with Crippen molar-refractivity contribution in [2.45, 2.75) is 51.7 Å². The quantitative estimate of drug-likeness (QED) is 0.850. The first-order valence-electron chi connectivity index (χ1n) is 6.58. The fraction of sp³-hybridized carbons (Fsp3) is 0.692. The van der Waals surface area contributed by atoms with E-state index in [0.717, 1.165) is 31.6 Å². The molecule has 0 aromatic carbocycles. The summed E-state index contributed by atoms with van der Waals surface area (Å²) in [6.45, 7) is 3.79. The largest absolute Gasteiger partial charge is 0.473 e. The Morgan fingerprint density at radius 3 is 2.71 bits per heavy atom. The lowest BCUT2D eigenvalue weighted by molar-refractivity contribution is 0.147. The van der Waals surface area contributed by atoms with Crippen LogP contribution in [-0.2, 0) is 6.54 Å². The number of nitrogens with zero attached hydrogens (tertiary/aromatic N) is 2. The summed E-state index contributed by atoms with van der Waals surface area (Å²) >= 11 is 0. The van der Waals surface area contributed by atoms with Crippen molar-refractivity contribution >= 4 is 0 Å². The third-order valence-corrected chi connectivity index (χ3v) is 3.09. The molecule has 4 heteroatoms. The normalized spacial score (nSPS) is 17.0. The van der Waals surface area contributed by atoms with Crippen LogP contribution in [0.15, 0.2) is 12.1 Å². The standard InChI is InChI=1S/C13H21N3O/c1-2-14-10-11-8-9-13(16-15-11)17-12-6-4-3-5-7-12/h8-9,12,14H,2-7,10H2,1H3. The van der Waals surface area contributed by atoms with E-state index in [2.05, 4.69) is 22.4 Å². The van der Waals surface area contributed by atoms with Gasteiger partial charge in [0.2, 0.25) is 5.88 Å². The predicted molar refractivity (Wildman–Crippen MR) is 66.9 cm³/mol. The summed E-state index contributed by atoms with van der Waals surface area (Å²) in [5, 5.41) is 11.5. The Morgan fingerprint density at radius 2 is 2.06 bits per heavy atom. The van der Waals surface area contributed by atoms with E-state index >= 15 is 0 Å². The number of ether oxygens (including phenoxy) is 1. The smallest absolute Gasteiger partial charge is 0.233 e. The lowest BCUT2D eigenvalue weighted by Crippen LogP contribution is -2.20. The number of aromatic nitrogens is 2. The topological polar surface area (TPSA) is 47.0 Å². The Labute approximate surface area is 103 Å². The van der Waals surface area contributed by atoms with E-state index in [1.807, 2.05) is 12.1 Å². The lowest BCUT2D eigenvalue weighted by Gasteiger charge is -2.21. The molecule has 1 aromatic rings. The Balaban J connectivity index is 1.84. The maximum Gasteiger partial charge on any atom is 0.233 e. The average Bonchev–Trinajstić information content (AvgIpc) is 2.39. The summed E-state index contributed by atoms with van der Waals surface area (Å²) in [5.74, 6) is 0.664. The molecular weight excluding hydrogens is 214 g/mol. The van der Waals surface area contributed by atoms with Gasteiger partial charge in [0.25, 0.3) is 0 Å². The van der Waals surface area contributed by atoms with Crippen molar-refractivity contribution in [1.29, 1.82) is 0 Å². The fourth-order valence-electron chi connectivity index (χ4n) is 2.11. The third-order valence-electron chi connectivity index (χ3n) is 3.09. The zero-order valence-electron chi connectivity index (χ0n) is 10.5. The first-order chi connectivity index (χ1) is 8.38. The molecule has 1 aliphatic rings. The van der Waals surface area contributed by atoms with Crippen LogP contribution in [0.1, 0.15) is 44.7 Å². The van der Waals surface area contributed by atoms with Crippen LogP contribution in [0.5, 0.6) is 5.88 Å². The molecule has 0 spiro atoms. The number of rotatable bonds is 5. The molecule has 0 radical (unpaired) electrons. The number of hydrogen-bond acceptors (Lipinski definition) is 4. The Hall–Kier alpha value is -1.16. The zero-order chi connectivity index (χ0) is 11.9. The van der Waals surface area contributed by atoms with Crippen molar-refractivity contribution in [2.75, 3.05) is 6.54 Å². The summed E-state index contributed by atoms with van der Waals surface area (Å²) in [4.78, 5) is 0. The summed E-state index contributed by atoms with van der Waals surface area (Å²) in [7, 11) is 0. The third kappa shape index (κ3) is 3.97.